The lowest BCUT2D eigenvalue weighted by molar-refractivity contribution is -0.0498. The van der Waals surface area contributed by atoms with Crippen molar-refractivity contribution in [2.75, 3.05) is 18.4 Å². The van der Waals surface area contributed by atoms with E-state index in [0.29, 0.717) is 5.11 Å². The van der Waals surface area contributed by atoms with Gasteiger partial charge >= 0.3 is 6.61 Å². The molecule has 1 aliphatic rings. The minimum Gasteiger partial charge on any atom is -0.435 e. The first-order chi connectivity index (χ1) is 9.63. The Morgan fingerprint density at radius 1 is 1.15 bits per heavy atom. The number of anilines is 1. The van der Waals surface area contributed by atoms with Crippen LogP contribution in [-0.4, -0.2) is 29.8 Å². The van der Waals surface area contributed by atoms with Gasteiger partial charge in [0.1, 0.15) is 5.75 Å². The summed E-state index contributed by atoms with van der Waals surface area (Å²) in [5, 5.41) is 5.58. The van der Waals surface area contributed by atoms with Crippen LogP contribution in [0.2, 0.25) is 0 Å². The molecule has 1 aromatic rings. The fraction of sp³-hybridized carbons (Fsp3) is 0.462. The average molecular weight is 301 g/mol. The molecule has 2 rings (SSSR count). The summed E-state index contributed by atoms with van der Waals surface area (Å²) < 4.78 is 28.3. The molecule has 1 aliphatic heterocycles. The van der Waals surface area contributed by atoms with Gasteiger partial charge in [-0.05, 0) is 49.3 Å². The van der Waals surface area contributed by atoms with Gasteiger partial charge in [-0.2, -0.15) is 8.78 Å². The lowest BCUT2D eigenvalue weighted by Gasteiger charge is -2.28. The fourth-order valence-electron chi connectivity index (χ4n) is 2.03. The smallest absolute Gasteiger partial charge is 0.387 e. The Labute approximate surface area is 122 Å². The van der Waals surface area contributed by atoms with E-state index in [9.17, 15) is 8.78 Å². The molecule has 7 heteroatoms. The van der Waals surface area contributed by atoms with Crippen LogP contribution in [0.25, 0.3) is 0 Å². The molecule has 1 fully saturated rings. The Balaban J connectivity index is 1.81. The third-order valence-corrected chi connectivity index (χ3v) is 3.15. The normalized spacial score (nSPS) is 15.9. The summed E-state index contributed by atoms with van der Waals surface area (Å²) in [5.74, 6) is 0.125. The molecule has 0 aromatic heterocycles. The maximum Gasteiger partial charge on any atom is 0.387 e. The van der Waals surface area contributed by atoms with Crippen molar-refractivity contribution >= 4 is 23.0 Å². The summed E-state index contributed by atoms with van der Waals surface area (Å²) >= 11 is 5.20. The predicted molar refractivity (Wildman–Crippen MR) is 77.9 cm³/mol. The predicted octanol–water partition coefficient (Wildman–Crippen LogP) is 2.98. The van der Waals surface area contributed by atoms with Crippen LogP contribution in [-0.2, 0) is 0 Å². The minimum absolute atomic E-state index is 0.125. The molecule has 0 saturated carbocycles. The van der Waals surface area contributed by atoms with Gasteiger partial charge < -0.3 is 10.1 Å². The number of benzene rings is 1. The molecular formula is C13H17F2N3OS. The highest BCUT2D eigenvalue weighted by atomic mass is 32.1. The van der Waals surface area contributed by atoms with Crippen molar-refractivity contribution < 1.29 is 13.5 Å². The maximum atomic E-state index is 12.0. The molecule has 110 valence electrons. The van der Waals surface area contributed by atoms with Gasteiger partial charge in [0.25, 0.3) is 0 Å². The molecule has 0 unspecified atom stereocenters. The van der Waals surface area contributed by atoms with Gasteiger partial charge in [0, 0.05) is 18.8 Å². The zero-order valence-corrected chi connectivity index (χ0v) is 11.8. The van der Waals surface area contributed by atoms with Crippen molar-refractivity contribution in [1.82, 2.24) is 10.4 Å². The topological polar surface area (TPSA) is 36.5 Å². The van der Waals surface area contributed by atoms with Gasteiger partial charge in [0.15, 0.2) is 5.11 Å². The monoisotopic (exact) mass is 301 g/mol. The van der Waals surface area contributed by atoms with Crippen LogP contribution in [0.5, 0.6) is 5.75 Å². The van der Waals surface area contributed by atoms with Gasteiger partial charge in [-0.1, -0.05) is 6.42 Å². The number of halogens is 2. The van der Waals surface area contributed by atoms with Crippen molar-refractivity contribution in [1.29, 1.82) is 0 Å². The molecule has 1 saturated heterocycles. The number of alkyl halides is 2. The van der Waals surface area contributed by atoms with Crippen LogP contribution < -0.4 is 15.5 Å². The molecule has 0 spiro atoms. The molecule has 1 heterocycles. The standard InChI is InChI=1S/C13H17F2N3OS/c14-12(15)19-11-6-4-10(5-7-11)16-13(20)17-18-8-2-1-3-9-18/h4-7,12H,1-3,8-9H2,(H2,16,17,20). The lowest BCUT2D eigenvalue weighted by atomic mass is 10.2. The number of hydrogen-bond acceptors (Lipinski definition) is 3. The van der Waals surface area contributed by atoms with Gasteiger partial charge in [0.2, 0.25) is 0 Å². The zero-order chi connectivity index (χ0) is 14.4. The van der Waals surface area contributed by atoms with Crippen LogP contribution in [0.1, 0.15) is 19.3 Å². The number of thiocarbonyl (C=S) groups is 1. The Morgan fingerprint density at radius 3 is 2.40 bits per heavy atom. The van der Waals surface area contributed by atoms with Crippen molar-refractivity contribution in [2.24, 2.45) is 0 Å². The molecule has 0 bridgehead atoms. The second kappa shape index (κ2) is 7.35. The molecule has 4 nitrogen and oxygen atoms in total. The number of rotatable bonds is 4. The van der Waals surface area contributed by atoms with E-state index in [1.54, 1.807) is 12.1 Å². The fourth-order valence-corrected chi connectivity index (χ4v) is 2.28. The molecule has 0 radical (unpaired) electrons. The van der Waals surface area contributed by atoms with Crippen molar-refractivity contribution in [3.8, 4) is 5.75 Å². The van der Waals surface area contributed by atoms with Gasteiger partial charge in [-0.15, -0.1) is 0 Å². The van der Waals surface area contributed by atoms with E-state index in [2.05, 4.69) is 20.5 Å². The first-order valence-electron chi connectivity index (χ1n) is 6.51. The maximum absolute atomic E-state index is 12.0. The van der Waals surface area contributed by atoms with Crippen LogP contribution in [0.15, 0.2) is 24.3 Å². The average Bonchev–Trinajstić information content (AvgIpc) is 2.41. The van der Waals surface area contributed by atoms with Gasteiger partial charge in [0.05, 0.1) is 0 Å². The van der Waals surface area contributed by atoms with E-state index in [-0.39, 0.29) is 5.75 Å². The second-order valence-electron chi connectivity index (χ2n) is 4.52. The molecule has 2 N–H and O–H groups in total. The number of ether oxygens (including phenoxy) is 1. The second-order valence-corrected chi connectivity index (χ2v) is 4.92. The van der Waals surface area contributed by atoms with E-state index in [1.807, 2.05) is 0 Å². The van der Waals surface area contributed by atoms with Gasteiger partial charge in [-0.25, -0.2) is 5.01 Å². The van der Waals surface area contributed by atoms with Crippen LogP contribution in [0, 0.1) is 0 Å². The number of hydrogen-bond donors (Lipinski definition) is 2. The Kier molecular flexibility index (Phi) is 5.49. The molecule has 0 atom stereocenters. The third-order valence-electron chi connectivity index (χ3n) is 2.95. The van der Waals surface area contributed by atoms with E-state index in [4.69, 9.17) is 12.2 Å². The van der Waals surface area contributed by atoms with Crippen LogP contribution >= 0.6 is 12.2 Å². The SMILES string of the molecule is FC(F)Oc1ccc(NC(=S)NN2CCCCC2)cc1. The summed E-state index contributed by atoms with van der Waals surface area (Å²) in [6, 6.07) is 6.22. The highest BCUT2D eigenvalue weighted by Gasteiger charge is 2.11. The van der Waals surface area contributed by atoms with Gasteiger partial charge in [-0.3, -0.25) is 5.43 Å². The zero-order valence-electron chi connectivity index (χ0n) is 10.9. The molecule has 0 aliphatic carbocycles. The Hall–Kier alpha value is -1.47. The number of nitrogens with zero attached hydrogens (tertiary/aromatic N) is 1. The quantitative estimate of drug-likeness (QED) is 0.836. The third kappa shape index (κ3) is 4.90. The molecule has 20 heavy (non-hydrogen) atoms. The molecular weight excluding hydrogens is 284 g/mol. The molecule has 1 aromatic carbocycles. The van der Waals surface area contributed by atoms with Crippen LogP contribution in [0.4, 0.5) is 14.5 Å². The number of nitrogens with one attached hydrogen (secondary N) is 2. The summed E-state index contributed by atoms with van der Waals surface area (Å²) in [6.07, 6.45) is 3.58. The van der Waals surface area contributed by atoms with E-state index < -0.39 is 6.61 Å². The van der Waals surface area contributed by atoms with Crippen molar-refractivity contribution in [3.05, 3.63) is 24.3 Å². The number of piperidine rings is 1. The first-order valence-corrected chi connectivity index (χ1v) is 6.92. The highest BCUT2D eigenvalue weighted by molar-refractivity contribution is 7.80. The largest absolute Gasteiger partial charge is 0.435 e. The first kappa shape index (κ1) is 14.9. The summed E-state index contributed by atoms with van der Waals surface area (Å²) in [5.41, 5.74) is 3.84. The highest BCUT2D eigenvalue weighted by Crippen LogP contribution is 2.17. The molecule has 0 amide bonds. The number of hydrazine groups is 1. The van der Waals surface area contributed by atoms with E-state index in [1.165, 1.54) is 18.6 Å². The lowest BCUT2D eigenvalue weighted by Crippen LogP contribution is -2.46. The Morgan fingerprint density at radius 2 is 1.80 bits per heavy atom. The summed E-state index contributed by atoms with van der Waals surface area (Å²) in [7, 11) is 0. The van der Waals surface area contributed by atoms with Crippen molar-refractivity contribution in [3.63, 3.8) is 0 Å². The van der Waals surface area contributed by atoms with Crippen molar-refractivity contribution in [2.45, 2.75) is 25.9 Å². The van der Waals surface area contributed by atoms with E-state index >= 15 is 0 Å². The van der Waals surface area contributed by atoms with E-state index in [0.717, 1.165) is 31.6 Å². The van der Waals surface area contributed by atoms with Crippen LogP contribution in [0.3, 0.4) is 0 Å². The summed E-state index contributed by atoms with van der Waals surface area (Å²) in [4.78, 5) is 0. The Bertz CT molecular complexity index is 436. The summed E-state index contributed by atoms with van der Waals surface area (Å²) in [6.45, 7) is -0.859. The minimum atomic E-state index is -2.81.